The summed E-state index contributed by atoms with van der Waals surface area (Å²) in [6.07, 6.45) is 9.07. The molecule has 0 saturated carbocycles. The van der Waals surface area contributed by atoms with Gasteiger partial charge in [0.2, 0.25) is 0 Å². The average Bonchev–Trinajstić information content (AvgIpc) is 3.56. The number of benzene rings is 2. The van der Waals surface area contributed by atoms with Crippen LogP contribution >= 0.6 is 0 Å². The summed E-state index contributed by atoms with van der Waals surface area (Å²) < 4.78 is 4.30. The molecular weight excluding hydrogens is 532 g/mol. The normalized spacial score (nSPS) is 16.5. The molecule has 6 heterocycles. The summed E-state index contributed by atoms with van der Waals surface area (Å²) in [5, 5.41) is 14.9. The Labute approximate surface area is 251 Å². The third-order valence-electron chi connectivity index (χ3n) is 9.19. The molecule has 0 radical (unpaired) electrons. The summed E-state index contributed by atoms with van der Waals surface area (Å²) in [5.74, 6) is 2.96. The Morgan fingerprint density at radius 2 is 1.67 bits per heavy atom. The predicted molar refractivity (Wildman–Crippen MR) is 169 cm³/mol. The Hall–Kier alpha value is -4.43. The number of hydrogen-bond donors (Lipinski definition) is 0. The first-order valence-electron chi connectivity index (χ1n) is 15.6. The number of nitrogens with zero attached hydrogens (tertiary/aromatic N) is 8. The van der Waals surface area contributed by atoms with Crippen LogP contribution in [0.25, 0.3) is 39.1 Å². The highest BCUT2D eigenvalue weighted by Crippen LogP contribution is 2.34. The van der Waals surface area contributed by atoms with Crippen molar-refractivity contribution in [2.75, 3.05) is 13.1 Å². The Bertz CT molecular complexity index is 1900. The molecule has 0 spiro atoms. The molecule has 2 aliphatic rings. The van der Waals surface area contributed by atoms with Crippen molar-refractivity contribution in [1.29, 1.82) is 0 Å². The number of aromatic nitrogens is 7. The standard InChI is InChI=1S/C35H36N8/c1-24-20-32-36-22-29-21-30(26-8-4-2-5-9-26)33(37-34(29)43(32)40-24)27-13-11-25(12-14-27)23-41-18-15-28(16-19-41)35-39-38-31-10-6-3-7-17-42(31)35/h2,4-5,8-9,11-14,20-22,28H,3,6-7,10,15-19,23H2,1H3. The molecule has 43 heavy (non-hydrogen) atoms. The van der Waals surface area contributed by atoms with Crippen LogP contribution in [0.3, 0.4) is 0 Å². The predicted octanol–water partition coefficient (Wildman–Crippen LogP) is 6.62. The number of aryl methyl sites for hydroxylation is 2. The van der Waals surface area contributed by atoms with Crippen molar-refractivity contribution in [3.63, 3.8) is 0 Å². The molecule has 4 aromatic heterocycles. The lowest BCUT2D eigenvalue weighted by atomic mass is 9.95. The fourth-order valence-corrected chi connectivity index (χ4v) is 6.90. The molecule has 0 unspecified atom stereocenters. The van der Waals surface area contributed by atoms with Crippen molar-refractivity contribution < 1.29 is 0 Å². The quantitative estimate of drug-likeness (QED) is 0.233. The van der Waals surface area contributed by atoms with Gasteiger partial charge < -0.3 is 4.57 Å². The van der Waals surface area contributed by atoms with E-state index in [1.807, 2.05) is 29.8 Å². The maximum atomic E-state index is 5.21. The van der Waals surface area contributed by atoms with Gasteiger partial charge in [0.25, 0.3) is 0 Å². The van der Waals surface area contributed by atoms with Gasteiger partial charge in [0.1, 0.15) is 11.6 Å². The van der Waals surface area contributed by atoms with Gasteiger partial charge in [-0.3, -0.25) is 4.90 Å². The molecule has 1 saturated heterocycles. The van der Waals surface area contributed by atoms with E-state index in [-0.39, 0.29) is 0 Å². The molecule has 216 valence electrons. The zero-order valence-electron chi connectivity index (χ0n) is 24.7. The number of fused-ring (bicyclic) bond motifs is 4. The highest BCUT2D eigenvalue weighted by molar-refractivity contribution is 5.90. The van der Waals surface area contributed by atoms with Crippen molar-refractivity contribution in [2.45, 2.75) is 64.5 Å². The van der Waals surface area contributed by atoms with Crippen molar-refractivity contribution in [1.82, 2.24) is 39.2 Å². The highest BCUT2D eigenvalue weighted by Gasteiger charge is 2.27. The van der Waals surface area contributed by atoms with E-state index >= 15 is 0 Å². The lowest BCUT2D eigenvalue weighted by Crippen LogP contribution is -2.33. The van der Waals surface area contributed by atoms with Crippen LogP contribution in [0.5, 0.6) is 0 Å². The van der Waals surface area contributed by atoms with Gasteiger partial charge in [0.05, 0.1) is 11.4 Å². The monoisotopic (exact) mass is 568 g/mol. The first kappa shape index (κ1) is 26.2. The minimum atomic E-state index is 0.522. The number of likely N-dealkylation sites (tertiary alicyclic amines) is 1. The smallest absolute Gasteiger partial charge is 0.165 e. The molecule has 0 bridgehead atoms. The molecule has 8 heteroatoms. The van der Waals surface area contributed by atoms with Crippen molar-refractivity contribution >= 4 is 16.7 Å². The second-order valence-corrected chi connectivity index (χ2v) is 12.2. The van der Waals surface area contributed by atoms with E-state index in [0.29, 0.717) is 5.92 Å². The van der Waals surface area contributed by atoms with Crippen LogP contribution in [-0.4, -0.2) is 52.3 Å². The molecule has 2 aromatic carbocycles. The van der Waals surface area contributed by atoms with Gasteiger partial charge in [-0.05, 0) is 62.9 Å². The Kier molecular flexibility index (Phi) is 6.71. The van der Waals surface area contributed by atoms with Crippen molar-refractivity contribution in [2.24, 2.45) is 0 Å². The lowest BCUT2D eigenvalue weighted by Gasteiger charge is -2.31. The Morgan fingerprint density at radius 1 is 0.837 bits per heavy atom. The molecule has 0 aliphatic carbocycles. The van der Waals surface area contributed by atoms with Crippen LogP contribution in [0.15, 0.2) is 72.9 Å². The minimum absolute atomic E-state index is 0.522. The third-order valence-corrected chi connectivity index (χ3v) is 9.19. The van der Waals surface area contributed by atoms with E-state index in [1.54, 1.807) is 0 Å². The molecule has 0 atom stereocenters. The molecule has 0 N–H and O–H groups in total. The molecule has 8 rings (SSSR count). The summed E-state index contributed by atoms with van der Waals surface area (Å²) in [7, 11) is 0. The van der Waals surface area contributed by atoms with Crippen molar-refractivity contribution in [3.05, 3.63) is 95.8 Å². The first-order chi connectivity index (χ1) is 21.2. The topological polar surface area (TPSA) is 77.0 Å². The minimum Gasteiger partial charge on any atom is -0.315 e. The van der Waals surface area contributed by atoms with Crippen LogP contribution in [0.1, 0.15) is 60.9 Å². The molecule has 8 nitrogen and oxygen atoms in total. The van der Waals surface area contributed by atoms with E-state index in [4.69, 9.17) is 4.98 Å². The number of rotatable bonds is 5. The number of piperidine rings is 1. The van der Waals surface area contributed by atoms with Crippen LogP contribution in [0, 0.1) is 6.92 Å². The lowest BCUT2D eigenvalue weighted by molar-refractivity contribution is 0.200. The second kappa shape index (κ2) is 11.0. The van der Waals surface area contributed by atoms with Crippen LogP contribution in [0.4, 0.5) is 0 Å². The average molecular weight is 569 g/mol. The molecule has 0 amide bonds. The molecule has 2 aliphatic heterocycles. The van der Waals surface area contributed by atoms with Gasteiger partial charge in [0.15, 0.2) is 11.3 Å². The summed E-state index contributed by atoms with van der Waals surface area (Å²) in [4.78, 5) is 12.4. The summed E-state index contributed by atoms with van der Waals surface area (Å²) in [6.45, 7) is 6.22. The highest BCUT2D eigenvalue weighted by atomic mass is 15.3. The van der Waals surface area contributed by atoms with Gasteiger partial charge >= 0.3 is 0 Å². The first-order valence-corrected chi connectivity index (χ1v) is 15.6. The maximum Gasteiger partial charge on any atom is 0.165 e. The van der Waals surface area contributed by atoms with Crippen molar-refractivity contribution in [3.8, 4) is 22.4 Å². The zero-order valence-corrected chi connectivity index (χ0v) is 24.7. The van der Waals surface area contributed by atoms with E-state index in [0.717, 1.165) is 90.2 Å². The van der Waals surface area contributed by atoms with E-state index in [2.05, 4.69) is 84.3 Å². The second-order valence-electron chi connectivity index (χ2n) is 12.2. The fourth-order valence-electron chi connectivity index (χ4n) is 6.90. The van der Waals surface area contributed by atoms with E-state index < -0.39 is 0 Å². The van der Waals surface area contributed by atoms with Crippen LogP contribution < -0.4 is 0 Å². The van der Waals surface area contributed by atoms with Gasteiger partial charge in [-0.2, -0.15) is 9.61 Å². The van der Waals surface area contributed by atoms with Gasteiger partial charge in [-0.15, -0.1) is 10.2 Å². The van der Waals surface area contributed by atoms with E-state index in [9.17, 15) is 0 Å². The maximum absolute atomic E-state index is 5.21. The zero-order chi connectivity index (χ0) is 28.8. The largest absolute Gasteiger partial charge is 0.315 e. The number of pyridine rings is 1. The third kappa shape index (κ3) is 4.99. The van der Waals surface area contributed by atoms with Gasteiger partial charge in [-0.1, -0.05) is 61.0 Å². The van der Waals surface area contributed by atoms with E-state index in [1.165, 1.54) is 36.5 Å². The Morgan fingerprint density at radius 3 is 2.51 bits per heavy atom. The summed E-state index contributed by atoms with van der Waals surface area (Å²) in [6, 6.07) is 23.7. The Balaban J connectivity index is 1.04. The van der Waals surface area contributed by atoms with Crippen LogP contribution in [0.2, 0.25) is 0 Å². The number of hydrogen-bond acceptors (Lipinski definition) is 6. The molecule has 1 fully saturated rings. The summed E-state index contributed by atoms with van der Waals surface area (Å²) >= 11 is 0. The van der Waals surface area contributed by atoms with Crippen LogP contribution in [-0.2, 0) is 19.5 Å². The molecule has 6 aromatic rings. The van der Waals surface area contributed by atoms with Gasteiger partial charge in [0, 0.05) is 54.2 Å². The SMILES string of the molecule is Cc1cc2ncc3cc(-c4ccccc4)c(-c4ccc(CN5CCC(c6nnc7n6CCCCC7)CC5)cc4)nc3n2n1. The fraction of sp³-hybridized carbons (Fsp3) is 0.343. The summed E-state index contributed by atoms with van der Waals surface area (Å²) in [5.41, 5.74) is 8.19. The molecular formula is C35H36N8. The van der Waals surface area contributed by atoms with Gasteiger partial charge in [-0.25, -0.2) is 9.97 Å².